The second-order valence-electron chi connectivity index (χ2n) is 5.60. The van der Waals surface area contributed by atoms with Crippen LogP contribution in [0.5, 0.6) is 5.75 Å². The summed E-state index contributed by atoms with van der Waals surface area (Å²) >= 11 is 3.41. The molecule has 0 spiro atoms. The topological polar surface area (TPSA) is 63.8 Å². The summed E-state index contributed by atoms with van der Waals surface area (Å²) in [5, 5.41) is 3.95. The van der Waals surface area contributed by atoms with Gasteiger partial charge in [0.05, 0.1) is 6.21 Å². The fourth-order valence-electron chi connectivity index (χ4n) is 2.21. The molecule has 0 fully saturated rings. The van der Waals surface area contributed by atoms with E-state index >= 15 is 0 Å². The van der Waals surface area contributed by atoms with E-state index in [-0.39, 0.29) is 5.76 Å². The molecule has 2 aromatic carbocycles. The number of hydrogen-bond donors (Lipinski definition) is 1. The van der Waals surface area contributed by atoms with Gasteiger partial charge in [-0.1, -0.05) is 40.2 Å². The van der Waals surface area contributed by atoms with Crippen LogP contribution in [0, 0.1) is 6.92 Å². The molecule has 26 heavy (non-hydrogen) atoms. The minimum Gasteiger partial charge on any atom is -0.489 e. The number of carbonyl (C=O) groups excluding carboxylic acids is 1. The van der Waals surface area contributed by atoms with Crippen molar-refractivity contribution in [1.82, 2.24) is 5.43 Å². The zero-order chi connectivity index (χ0) is 18.4. The first-order chi connectivity index (χ1) is 12.6. The van der Waals surface area contributed by atoms with Crippen LogP contribution in [0.3, 0.4) is 0 Å². The molecule has 0 aliphatic rings. The highest BCUT2D eigenvalue weighted by molar-refractivity contribution is 9.10. The largest absolute Gasteiger partial charge is 0.489 e. The van der Waals surface area contributed by atoms with E-state index < -0.39 is 5.91 Å². The maximum Gasteiger partial charge on any atom is 0.307 e. The second-order valence-corrected chi connectivity index (χ2v) is 6.51. The molecule has 0 aliphatic carbocycles. The highest BCUT2D eigenvalue weighted by Crippen LogP contribution is 2.16. The van der Waals surface area contributed by atoms with E-state index in [1.165, 1.54) is 0 Å². The van der Waals surface area contributed by atoms with Gasteiger partial charge in [-0.2, -0.15) is 5.10 Å². The van der Waals surface area contributed by atoms with E-state index in [1.54, 1.807) is 25.3 Å². The number of halogens is 1. The molecule has 0 bridgehead atoms. The van der Waals surface area contributed by atoms with E-state index in [0.29, 0.717) is 12.4 Å². The third kappa shape index (κ3) is 5.07. The monoisotopic (exact) mass is 412 g/mol. The van der Waals surface area contributed by atoms with Crippen molar-refractivity contribution in [2.24, 2.45) is 5.10 Å². The minimum absolute atomic E-state index is 0.228. The molecule has 3 aromatic rings. The van der Waals surface area contributed by atoms with Crippen LogP contribution in [0.4, 0.5) is 0 Å². The van der Waals surface area contributed by atoms with Crippen molar-refractivity contribution in [3.05, 3.63) is 87.8 Å². The molecule has 0 unspecified atom stereocenters. The predicted octanol–water partition coefficient (Wildman–Crippen LogP) is 4.69. The Morgan fingerprint density at radius 3 is 2.73 bits per heavy atom. The van der Waals surface area contributed by atoms with Gasteiger partial charge in [0, 0.05) is 4.47 Å². The van der Waals surface area contributed by atoms with Crippen molar-refractivity contribution in [1.29, 1.82) is 0 Å². The zero-order valence-corrected chi connectivity index (χ0v) is 15.7. The number of furan rings is 1. The Bertz CT molecular complexity index is 917. The summed E-state index contributed by atoms with van der Waals surface area (Å²) < 4.78 is 12.1. The van der Waals surface area contributed by atoms with Gasteiger partial charge in [0.2, 0.25) is 0 Å². The Morgan fingerprint density at radius 1 is 1.19 bits per heavy atom. The number of aryl methyl sites for hydroxylation is 1. The summed E-state index contributed by atoms with van der Waals surface area (Å²) in [5.41, 5.74) is 4.33. The number of benzene rings is 2. The van der Waals surface area contributed by atoms with Crippen molar-refractivity contribution < 1.29 is 13.9 Å². The van der Waals surface area contributed by atoms with Gasteiger partial charge in [0.25, 0.3) is 0 Å². The maximum absolute atomic E-state index is 11.9. The predicted molar refractivity (Wildman–Crippen MR) is 103 cm³/mol. The third-order valence-corrected chi connectivity index (χ3v) is 4.05. The molecule has 0 aliphatic heterocycles. The summed E-state index contributed by atoms with van der Waals surface area (Å²) in [5.74, 6) is 1.24. The molecule has 1 heterocycles. The van der Waals surface area contributed by atoms with Gasteiger partial charge in [0.1, 0.15) is 18.1 Å². The standard InChI is InChI=1S/C20H17BrN2O3/c1-14-5-10-19(26-14)20(24)23-22-12-16-3-2-4-18(11-16)25-13-15-6-8-17(21)9-7-15/h2-12H,13H2,1H3,(H,23,24)/b22-12-. The fourth-order valence-corrected chi connectivity index (χ4v) is 2.47. The van der Waals surface area contributed by atoms with E-state index in [0.717, 1.165) is 21.3 Å². The molecule has 1 N–H and O–H groups in total. The third-order valence-electron chi connectivity index (χ3n) is 3.52. The normalized spacial score (nSPS) is 10.8. The van der Waals surface area contributed by atoms with Crippen LogP contribution in [0.15, 0.2) is 74.7 Å². The SMILES string of the molecule is Cc1ccc(C(=O)N/N=C\c2cccc(OCc3ccc(Br)cc3)c2)o1. The van der Waals surface area contributed by atoms with Gasteiger partial charge in [-0.25, -0.2) is 5.43 Å². The lowest BCUT2D eigenvalue weighted by molar-refractivity contribution is 0.0926. The number of rotatable bonds is 6. The van der Waals surface area contributed by atoms with Gasteiger partial charge in [-0.05, 0) is 54.4 Å². The Balaban J connectivity index is 1.56. The lowest BCUT2D eigenvalue weighted by Gasteiger charge is -2.07. The van der Waals surface area contributed by atoms with Gasteiger partial charge >= 0.3 is 5.91 Å². The van der Waals surface area contributed by atoms with E-state index in [4.69, 9.17) is 9.15 Å². The summed E-state index contributed by atoms with van der Waals surface area (Å²) in [4.78, 5) is 11.9. The number of ether oxygens (including phenoxy) is 1. The number of nitrogens with zero attached hydrogens (tertiary/aromatic N) is 1. The number of amides is 1. The van der Waals surface area contributed by atoms with E-state index in [9.17, 15) is 4.79 Å². The molecular weight excluding hydrogens is 396 g/mol. The number of carbonyl (C=O) groups is 1. The van der Waals surface area contributed by atoms with Crippen LogP contribution in [0.25, 0.3) is 0 Å². The summed E-state index contributed by atoms with van der Waals surface area (Å²) in [6.07, 6.45) is 1.56. The van der Waals surface area contributed by atoms with E-state index in [1.807, 2.05) is 48.5 Å². The lowest BCUT2D eigenvalue weighted by Crippen LogP contribution is -2.16. The summed E-state index contributed by atoms with van der Waals surface area (Å²) in [6, 6.07) is 18.8. The van der Waals surface area contributed by atoms with Crippen LogP contribution in [-0.2, 0) is 6.61 Å². The molecule has 1 aromatic heterocycles. The van der Waals surface area contributed by atoms with Crippen LogP contribution in [-0.4, -0.2) is 12.1 Å². The molecule has 0 saturated carbocycles. The Morgan fingerprint density at radius 2 is 2.00 bits per heavy atom. The molecule has 5 nitrogen and oxygen atoms in total. The Hall–Kier alpha value is -2.86. The maximum atomic E-state index is 11.9. The van der Waals surface area contributed by atoms with Gasteiger partial charge < -0.3 is 9.15 Å². The second kappa shape index (κ2) is 8.49. The molecule has 1 amide bonds. The zero-order valence-electron chi connectivity index (χ0n) is 14.1. The quantitative estimate of drug-likeness (QED) is 0.471. The highest BCUT2D eigenvalue weighted by atomic mass is 79.9. The highest BCUT2D eigenvalue weighted by Gasteiger charge is 2.08. The van der Waals surface area contributed by atoms with Crippen LogP contribution >= 0.6 is 15.9 Å². The first-order valence-corrected chi connectivity index (χ1v) is 8.76. The first kappa shape index (κ1) is 17.9. The van der Waals surface area contributed by atoms with Crippen molar-refractivity contribution in [2.45, 2.75) is 13.5 Å². The summed E-state index contributed by atoms with van der Waals surface area (Å²) in [7, 11) is 0. The van der Waals surface area contributed by atoms with Crippen molar-refractivity contribution >= 4 is 28.1 Å². The lowest BCUT2D eigenvalue weighted by atomic mass is 10.2. The number of nitrogens with one attached hydrogen (secondary N) is 1. The molecule has 0 radical (unpaired) electrons. The molecule has 6 heteroatoms. The van der Waals surface area contributed by atoms with E-state index in [2.05, 4.69) is 26.5 Å². The molecule has 0 atom stereocenters. The van der Waals surface area contributed by atoms with Gasteiger partial charge in [-0.3, -0.25) is 4.79 Å². The summed E-state index contributed by atoms with van der Waals surface area (Å²) in [6.45, 7) is 2.25. The average molecular weight is 413 g/mol. The smallest absolute Gasteiger partial charge is 0.307 e. The van der Waals surface area contributed by atoms with Gasteiger partial charge in [0.15, 0.2) is 5.76 Å². The average Bonchev–Trinajstić information content (AvgIpc) is 3.08. The molecule has 132 valence electrons. The molecule has 0 saturated heterocycles. The van der Waals surface area contributed by atoms with Crippen LogP contribution < -0.4 is 10.2 Å². The van der Waals surface area contributed by atoms with Crippen LogP contribution in [0.1, 0.15) is 27.4 Å². The molecule has 3 rings (SSSR count). The van der Waals surface area contributed by atoms with Crippen molar-refractivity contribution in [2.75, 3.05) is 0 Å². The van der Waals surface area contributed by atoms with Crippen LogP contribution in [0.2, 0.25) is 0 Å². The molecular formula is C20H17BrN2O3. The van der Waals surface area contributed by atoms with Gasteiger partial charge in [-0.15, -0.1) is 0 Å². The minimum atomic E-state index is -0.392. The van der Waals surface area contributed by atoms with Crippen molar-refractivity contribution in [3.63, 3.8) is 0 Å². The van der Waals surface area contributed by atoms with Crippen molar-refractivity contribution in [3.8, 4) is 5.75 Å². The Labute approximate surface area is 159 Å². The first-order valence-electron chi connectivity index (χ1n) is 7.97. The number of hydrogen-bond acceptors (Lipinski definition) is 4. The Kier molecular flexibility index (Phi) is 5.86. The number of hydrazone groups is 1. The fraction of sp³-hybridized carbons (Fsp3) is 0.100.